The first-order valence-electron chi connectivity index (χ1n) is 8.41. The summed E-state index contributed by atoms with van der Waals surface area (Å²) in [6, 6.07) is 1.58. The highest BCUT2D eigenvalue weighted by Gasteiger charge is 2.49. The van der Waals surface area contributed by atoms with Crippen molar-refractivity contribution in [3.63, 3.8) is 0 Å². The Morgan fingerprint density at radius 2 is 1.68 bits per heavy atom. The molecule has 2 nitrogen and oxygen atoms in total. The second-order valence-corrected chi connectivity index (χ2v) is 8.57. The van der Waals surface area contributed by atoms with E-state index in [4.69, 9.17) is 0 Å². The van der Waals surface area contributed by atoms with Crippen molar-refractivity contribution in [2.45, 2.75) is 83.8 Å². The molecule has 0 bridgehead atoms. The van der Waals surface area contributed by atoms with E-state index in [-0.39, 0.29) is 0 Å². The van der Waals surface area contributed by atoms with Gasteiger partial charge in [0.2, 0.25) is 0 Å². The molecule has 1 N–H and O–H groups in total. The Hall–Kier alpha value is -0.0800. The van der Waals surface area contributed by atoms with Crippen LogP contribution < -0.4 is 5.32 Å². The van der Waals surface area contributed by atoms with Crippen LogP contribution in [0.25, 0.3) is 0 Å². The van der Waals surface area contributed by atoms with Crippen molar-refractivity contribution in [3.05, 3.63) is 0 Å². The van der Waals surface area contributed by atoms with Gasteiger partial charge in [-0.3, -0.25) is 4.90 Å². The van der Waals surface area contributed by atoms with Crippen molar-refractivity contribution in [1.29, 1.82) is 0 Å². The zero-order valence-corrected chi connectivity index (χ0v) is 13.3. The van der Waals surface area contributed by atoms with E-state index in [2.05, 4.69) is 37.9 Å². The topological polar surface area (TPSA) is 15.3 Å². The third kappa shape index (κ3) is 2.71. The van der Waals surface area contributed by atoms with Gasteiger partial charge in [0.15, 0.2) is 0 Å². The van der Waals surface area contributed by atoms with E-state index < -0.39 is 0 Å². The van der Waals surface area contributed by atoms with Gasteiger partial charge in [-0.15, -0.1) is 0 Å². The molecule has 0 amide bonds. The van der Waals surface area contributed by atoms with Crippen LogP contribution in [0.2, 0.25) is 0 Å². The van der Waals surface area contributed by atoms with Crippen LogP contribution in [0, 0.1) is 11.3 Å². The summed E-state index contributed by atoms with van der Waals surface area (Å²) >= 11 is 0. The number of nitrogens with zero attached hydrogens (tertiary/aromatic N) is 1. The number of hydrogen-bond donors (Lipinski definition) is 1. The van der Waals surface area contributed by atoms with Gasteiger partial charge in [-0.25, -0.2) is 0 Å². The lowest BCUT2D eigenvalue weighted by Gasteiger charge is -2.53. The lowest BCUT2D eigenvalue weighted by molar-refractivity contribution is -0.00820. The summed E-state index contributed by atoms with van der Waals surface area (Å²) in [5, 5.41) is 3.93. The molecule has 2 unspecified atom stereocenters. The highest BCUT2D eigenvalue weighted by atomic mass is 15.3. The minimum absolute atomic E-state index is 0.389. The average molecular weight is 264 g/mol. The first kappa shape index (κ1) is 13.9. The summed E-state index contributed by atoms with van der Waals surface area (Å²) in [6.45, 7) is 12.2. The van der Waals surface area contributed by atoms with Gasteiger partial charge >= 0.3 is 0 Å². The van der Waals surface area contributed by atoms with Crippen LogP contribution in [0.3, 0.4) is 0 Å². The van der Waals surface area contributed by atoms with Crippen LogP contribution in [-0.4, -0.2) is 35.6 Å². The van der Waals surface area contributed by atoms with E-state index in [9.17, 15) is 0 Å². The molecule has 2 atom stereocenters. The zero-order valence-electron chi connectivity index (χ0n) is 13.3. The molecule has 110 valence electrons. The molecule has 2 aliphatic carbocycles. The summed E-state index contributed by atoms with van der Waals surface area (Å²) in [5.74, 6) is 0.942. The van der Waals surface area contributed by atoms with Gasteiger partial charge in [0.25, 0.3) is 0 Å². The van der Waals surface area contributed by atoms with Crippen molar-refractivity contribution in [2.75, 3.05) is 13.1 Å². The highest BCUT2D eigenvalue weighted by Crippen LogP contribution is 2.44. The summed E-state index contributed by atoms with van der Waals surface area (Å²) in [5.41, 5.74) is 0.783. The molecular formula is C17H32N2. The summed E-state index contributed by atoms with van der Waals surface area (Å²) < 4.78 is 0. The first-order chi connectivity index (χ1) is 8.90. The fraction of sp³-hybridized carbons (Fsp3) is 1.00. The van der Waals surface area contributed by atoms with E-state index >= 15 is 0 Å². The molecule has 0 aromatic rings. The molecule has 3 rings (SSSR count). The van der Waals surface area contributed by atoms with Crippen LogP contribution in [0.15, 0.2) is 0 Å². The summed E-state index contributed by atoms with van der Waals surface area (Å²) in [6.07, 6.45) is 8.67. The monoisotopic (exact) mass is 264 g/mol. The third-order valence-corrected chi connectivity index (χ3v) is 5.88. The summed E-state index contributed by atoms with van der Waals surface area (Å²) in [7, 11) is 0. The fourth-order valence-corrected chi connectivity index (χ4v) is 4.41. The minimum Gasteiger partial charge on any atom is -0.308 e. The number of piperazine rings is 1. The van der Waals surface area contributed by atoms with E-state index in [1.165, 1.54) is 51.6 Å². The third-order valence-electron chi connectivity index (χ3n) is 5.88. The largest absolute Gasteiger partial charge is 0.308 e. The molecule has 2 saturated carbocycles. The maximum absolute atomic E-state index is 3.93. The average Bonchev–Trinajstić information content (AvgIpc) is 3.05. The Bertz CT molecular complexity index is 323. The highest BCUT2D eigenvalue weighted by molar-refractivity contribution is 5.07. The SMILES string of the molecule is CC(C)(C)C1CNC(C)(C2CC2)CN1C1CCCC1. The second-order valence-electron chi connectivity index (χ2n) is 8.57. The lowest BCUT2D eigenvalue weighted by Crippen LogP contribution is -2.68. The number of hydrogen-bond acceptors (Lipinski definition) is 2. The van der Waals surface area contributed by atoms with Crippen LogP contribution >= 0.6 is 0 Å². The van der Waals surface area contributed by atoms with Gasteiger partial charge in [-0.05, 0) is 43.9 Å². The van der Waals surface area contributed by atoms with Crippen molar-refractivity contribution < 1.29 is 0 Å². The van der Waals surface area contributed by atoms with Gasteiger partial charge in [-0.1, -0.05) is 33.6 Å². The molecule has 1 heterocycles. The van der Waals surface area contributed by atoms with E-state index in [0.717, 1.165) is 12.0 Å². The second kappa shape index (κ2) is 4.73. The van der Waals surface area contributed by atoms with Crippen LogP contribution in [0.5, 0.6) is 0 Å². The molecule has 0 aromatic carbocycles. The molecule has 1 aliphatic heterocycles. The van der Waals surface area contributed by atoms with E-state index in [1.54, 1.807) is 0 Å². The fourth-order valence-electron chi connectivity index (χ4n) is 4.41. The standard InChI is InChI=1S/C17H32N2/c1-16(2,3)15-11-18-17(4,13-9-10-13)12-19(15)14-7-5-6-8-14/h13-15,18H,5-12H2,1-4H3. The van der Waals surface area contributed by atoms with E-state index in [0.29, 0.717) is 17.0 Å². The van der Waals surface area contributed by atoms with Gasteiger partial charge < -0.3 is 5.32 Å². The molecule has 3 fully saturated rings. The van der Waals surface area contributed by atoms with Crippen molar-refractivity contribution in [1.82, 2.24) is 10.2 Å². The Kier molecular flexibility index (Phi) is 3.46. The minimum atomic E-state index is 0.389. The smallest absolute Gasteiger partial charge is 0.0309 e. The molecule has 19 heavy (non-hydrogen) atoms. The van der Waals surface area contributed by atoms with Crippen molar-refractivity contribution >= 4 is 0 Å². The molecule has 0 spiro atoms. The van der Waals surface area contributed by atoms with Gasteiger partial charge in [0.05, 0.1) is 0 Å². The van der Waals surface area contributed by atoms with E-state index in [1.807, 2.05) is 0 Å². The number of nitrogens with one attached hydrogen (secondary N) is 1. The van der Waals surface area contributed by atoms with Crippen LogP contribution in [-0.2, 0) is 0 Å². The molecule has 1 saturated heterocycles. The predicted molar refractivity (Wildman–Crippen MR) is 81.3 cm³/mol. The summed E-state index contributed by atoms with van der Waals surface area (Å²) in [4.78, 5) is 2.90. The maximum Gasteiger partial charge on any atom is 0.0309 e. The van der Waals surface area contributed by atoms with Gasteiger partial charge in [0, 0.05) is 30.7 Å². The Morgan fingerprint density at radius 1 is 1.05 bits per heavy atom. The van der Waals surface area contributed by atoms with Crippen molar-refractivity contribution in [2.24, 2.45) is 11.3 Å². The quantitative estimate of drug-likeness (QED) is 0.822. The molecule has 0 aromatic heterocycles. The first-order valence-corrected chi connectivity index (χ1v) is 8.41. The van der Waals surface area contributed by atoms with Crippen molar-refractivity contribution in [3.8, 4) is 0 Å². The van der Waals surface area contributed by atoms with Gasteiger partial charge in [-0.2, -0.15) is 0 Å². The molecular weight excluding hydrogens is 232 g/mol. The maximum atomic E-state index is 3.93. The molecule has 3 aliphatic rings. The Labute approximate surface area is 119 Å². The molecule has 2 heteroatoms. The van der Waals surface area contributed by atoms with Gasteiger partial charge in [0.1, 0.15) is 0 Å². The predicted octanol–water partition coefficient (Wildman–Crippen LogP) is 3.42. The Balaban J connectivity index is 1.78. The number of rotatable bonds is 2. The van der Waals surface area contributed by atoms with Crippen LogP contribution in [0.1, 0.15) is 66.2 Å². The lowest BCUT2D eigenvalue weighted by atomic mass is 9.79. The Morgan fingerprint density at radius 3 is 2.21 bits per heavy atom. The normalized spacial score (nSPS) is 38.8. The zero-order chi connectivity index (χ0) is 13.7. The molecule has 0 radical (unpaired) electrons. The van der Waals surface area contributed by atoms with Crippen LogP contribution in [0.4, 0.5) is 0 Å².